The van der Waals surface area contributed by atoms with Crippen LogP contribution < -0.4 is 0 Å². The van der Waals surface area contributed by atoms with E-state index in [4.69, 9.17) is 20.3 Å². The van der Waals surface area contributed by atoms with E-state index in [2.05, 4.69) is 18.7 Å². The zero-order valence-corrected chi connectivity index (χ0v) is 26.0. The van der Waals surface area contributed by atoms with Gasteiger partial charge in [-0.05, 0) is 19.3 Å². The molecule has 1 unspecified atom stereocenters. The molecule has 0 aliphatic heterocycles. The Morgan fingerprint density at radius 1 is 0.564 bits per heavy atom. The van der Waals surface area contributed by atoms with E-state index in [0.29, 0.717) is 13.0 Å². The van der Waals surface area contributed by atoms with Crippen molar-refractivity contribution in [1.29, 1.82) is 0 Å². The molecule has 0 aliphatic rings. The Labute approximate surface area is 241 Å². The smallest absolute Gasteiger partial charge is 0.303 e. The third-order valence-electron chi connectivity index (χ3n) is 6.67. The lowest BCUT2D eigenvalue weighted by molar-refractivity contribution is -0.242. The number of aliphatic hydroxyl groups excluding tert-OH is 1. The molecule has 39 heavy (non-hydrogen) atoms. The summed E-state index contributed by atoms with van der Waals surface area (Å²) in [5, 5.41) is 33.6. The lowest BCUT2D eigenvalue weighted by Gasteiger charge is -2.08. The van der Waals surface area contributed by atoms with E-state index in [9.17, 15) is 9.90 Å². The van der Waals surface area contributed by atoms with Crippen molar-refractivity contribution >= 4 is 11.9 Å². The predicted molar refractivity (Wildman–Crippen MR) is 162 cm³/mol. The van der Waals surface area contributed by atoms with Crippen molar-refractivity contribution < 1.29 is 35.1 Å². The van der Waals surface area contributed by atoms with Crippen LogP contribution in [0.5, 0.6) is 0 Å². The van der Waals surface area contributed by atoms with Gasteiger partial charge in [-0.2, -0.15) is 0 Å². The van der Waals surface area contributed by atoms with Crippen LogP contribution in [-0.2, 0) is 14.5 Å². The Hall–Kier alpha value is -1.18. The van der Waals surface area contributed by atoms with Gasteiger partial charge in [0.2, 0.25) is 0 Å². The van der Waals surface area contributed by atoms with E-state index < -0.39 is 18.0 Å². The third-order valence-corrected chi connectivity index (χ3v) is 6.67. The SMILES string of the molecule is CC(=O)O.CCCCCCCCCCCCC(O)CCC(=O)O.CCCCCCCCCCCCCCOO. The molecule has 0 spiro atoms. The first-order chi connectivity index (χ1) is 18.8. The van der Waals surface area contributed by atoms with Gasteiger partial charge in [0.1, 0.15) is 0 Å². The van der Waals surface area contributed by atoms with Gasteiger partial charge in [0.15, 0.2) is 0 Å². The molecule has 4 N–H and O–H groups in total. The van der Waals surface area contributed by atoms with Crippen molar-refractivity contribution in [2.75, 3.05) is 6.61 Å². The lowest BCUT2D eigenvalue weighted by Crippen LogP contribution is -2.09. The number of hydrogen-bond acceptors (Lipinski definition) is 5. The highest BCUT2D eigenvalue weighted by molar-refractivity contribution is 5.66. The van der Waals surface area contributed by atoms with E-state index in [-0.39, 0.29) is 6.42 Å². The second-order valence-corrected chi connectivity index (χ2v) is 10.8. The molecule has 0 fully saturated rings. The second kappa shape index (κ2) is 39.0. The molecule has 7 heteroatoms. The summed E-state index contributed by atoms with van der Waals surface area (Å²) in [6.07, 6.45) is 29.8. The maximum absolute atomic E-state index is 10.3. The summed E-state index contributed by atoms with van der Waals surface area (Å²) in [5.41, 5.74) is 0. The first-order valence-corrected chi connectivity index (χ1v) is 16.2. The Morgan fingerprint density at radius 3 is 1.18 bits per heavy atom. The fraction of sp³-hybridized carbons (Fsp3) is 0.938. The van der Waals surface area contributed by atoms with Gasteiger partial charge in [-0.1, -0.05) is 149 Å². The molecule has 0 bridgehead atoms. The molecular formula is C32H66O7. The van der Waals surface area contributed by atoms with Crippen LogP contribution in [0.15, 0.2) is 0 Å². The number of aliphatic carboxylic acids is 2. The molecular weight excluding hydrogens is 496 g/mol. The van der Waals surface area contributed by atoms with Gasteiger partial charge in [0.05, 0.1) is 12.7 Å². The quantitative estimate of drug-likeness (QED) is 0.0446. The summed E-state index contributed by atoms with van der Waals surface area (Å²) in [6.45, 7) is 6.09. The molecule has 0 saturated heterocycles. The minimum atomic E-state index is -0.833. The van der Waals surface area contributed by atoms with Gasteiger partial charge in [-0.15, -0.1) is 0 Å². The number of aliphatic hydroxyl groups is 1. The summed E-state index contributed by atoms with van der Waals surface area (Å²) in [6, 6.07) is 0. The first-order valence-electron chi connectivity index (χ1n) is 16.2. The van der Waals surface area contributed by atoms with Crippen molar-refractivity contribution in [2.24, 2.45) is 0 Å². The Bertz CT molecular complexity index is 453. The van der Waals surface area contributed by atoms with Gasteiger partial charge in [0, 0.05) is 13.3 Å². The highest BCUT2D eigenvalue weighted by Gasteiger charge is 2.06. The molecule has 1 atom stereocenters. The molecule has 0 aromatic heterocycles. The van der Waals surface area contributed by atoms with Crippen LogP contribution in [0.1, 0.15) is 181 Å². The number of hydrogen-bond donors (Lipinski definition) is 4. The van der Waals surface area contributed by atoms with Gasteiger partial charge >= 0.3 is 5.97 Å². The monoisotopic (exact) mass is 562 g/mol. The van der Waals surface area contributed by atoms with E-state index in [0.717, 1.165) is 26.2 Å². The van der Waals surface area contributed by atoms with E-state index in [1.54, 1.807) is 0 Å². The van der Waals surface area contributed by atoms with Gasteiger partial charge in [0.25, 0.3) is 5.97 Å². The Balaban J connectivity index is -0.000000590. The van der Waals surface area contributed by atoms with E-state index in [1.165, 1.54) is 128 Å². The van der Waals surface area contributed by atoms with Crippen molar-refractivity contribution in [3.05, 3.63) is 0 Å². The number of carbonyl (C=O) groups is 2. The summed E-state index contributed by atoms with van der Waals surface area (Å²) in [7, 11) is 0. The number of carboxylic acids is 2. The van der Waals surface area contributed by atoms with Crippen molar-refractivity contribution in [3.63, 3.8) is 0 Å². The summed E-state index contributed by atoms with van der Waals surface area (Å²) in [4.78, 5) is 23.4. The van der Waals surface area contributed by atoms with Crippen molar-refractivity contribution in [2.45, 2.75) is 187 Å². The largest absolute Gasteiger partial charge is 0.481 e. The zero-order chi connectivity index (χ0) is 29.8. The molecule has 7 nitrogen and oxygen atoms in total. The van der Waals surface area contributed by atoms with Crippen LogP contribution in [0.3, 0.4) is 0 Å². The molecule has 0 rings (SSSR count). The molecule has 0 aromatic carbocycles. The first kappa shape index (κ1) is 42.3. The van der Waals surface area contributed by atoms with Crippen LogP contribution in [0.25, 0.3) is 0 Å². The van der Waals surface area contributed by atoms with Crippen LogP contribution >= 0.6 is 0 Å². The van der Waals surface area contributed by atoms with Crippen LogP contribution in [0, 0.1) is 0 Å². The fourth-order valence-electron chi connectivity index (χ4n) is 4.31. The summed E-state index contributed by atoms with van der Waals surface area (Å²) < 4.78 is 0. The summed E-state index contributed by atoms with van der Waals surface area (Å²) >= 11 is 0. The van der Waals surface area contributed by atoms with E-state index in [1.807, 2.05) is 0 Å². The minimum Gasteiger partial charge on any atom is -0.481 e. The molecule has 0 heterocycles. The van der Waals surface area contributed by atoms with Crippen molar-refractivity contribution in [1.82, 2.24) is 0 Å². The number of rotatable bonds is 27. The van der Waals surface area contributed by atoms with Crippen molar-refractivity contribution in [3.8, 4) is 0 Å². The average molecular weight is 563 g/mol. The summed E-state index contributed by atoms with van der Waals surface area (Å²) in [5.74, 6) is -1.65. The average Bonchev–Trinajstić information content (AvgIpc) is 2.89. The lowest BCUT2D eigenvalue weighted by atomic mass is 10.0. The Kier molecular flexibility index (Phi) is 42.3. The predicted octanol–water partition coefficient (Wildman–Crippen LogP) is 9.79. The molecule has 0 radical (unpaired) electrons. The second-order valence-electron chi connectivity index (χ2n) is 10.8. The number of carboxylic acid groups (broad SMARTS) is 2. The van der Waals surface area contributed by atoms with Gasteiger partial charge in [-0.3, -0.25) is 14.8 Å². The molecule has 236 valence electrons. The minimum absolute atomic E-state index is 0.0823. The van der Waals surface area contributed by atoms with E-state index >= 15 is 0 Å². The fourth-order valence-corrected chi connectivity index (χ4v) is 4.31. The normalized spacial score (nSPS) is 11.2. The Morgan fingerprint density at radius 2 is 0.872 bits per heavy atom. The number of unbranched alkanes of at least 4 members (excludes halogenated alkanes) is 20. The topological polar surface area (TPSA) is 124 Å². The van der Waals surface area contributed by atoms with Crippen LogP contribution in [0.2, 0.25) is 0 Å². The molecule has 0 aromatic rings. The van der Waals surface area contributed by atoms with Gasteiger partial charge in [-0.25, -0.2) is 4.89 Å². The maximum Gasteiger partial charge on any atom is 0.303 e. The zero-order valence-electron chi connectivity index (χ0n) is 26.0. The molecule has 0 saturated carbocycles. The third kappa shape index (κ3) is 53.7. The van der Waals surface area contributed by atoms with Crippen LogP contribution in [-0.4, -0.2) is 45.2 Å². The standard InChI is InChI=1S/C16H32O3.C14H30O2.C2H4O2/c1-2-3-4-5-6-7-8-9-10-11-12-15(17)13-14-16(18)19;1-2-3-4-5-6-7-8-9-10-11-12-13-14-16-15;1-2(3)4/h15,17H,2-14H2,1H3,(H,18,19);15H,2-14H2,1H3;1H3,(H,3,4). The maximum atomic E-state index is 10.3. The molecule has 0 aliphatic carbocycles. The van der Waals surface area contributed by atoms with Gasteiger partial charge < -0.3 is 15.3 Å². The highest BCUT2D eigenvalue weighted by atomic mass is 17.1. The molecule has 0 amide bonds. The van der Waals surface area contributed by atoms with Crippen LogP contribution in [0.4, 0.5) is 0 Å². The highest BCUT2D eigenvalue weighted by Crippen LogP contribution is 2.14.